The molecule has 0 amide bonds. The zero-order chi connectivity index (χ0) is 14.2. The zero-order valence-corrected chi connectivity index (χ0v) is 12.5. The largest absolute Gasteiger partial charge is 0.349 e. The Morgan fingerprint density at radius 3 is 2.65 bits per heavy atom. The molecule has 1 unspecified atom stereocenters. The van der Waals surface area contributed by atoms with Gasteiger partial charge >= 0.3 is 0 Å². The van der Waals surface area contributed by atoms with Crippen LogP contribution in [0.15, 0.2) is 42.7 Å². The first-order valence-corrected chi connectivity index (χ1v) is 7.52. The van der Waals surface area contributed by atoms with E-state index in [0.29, 0.717) is 12.0 Å². The second-order valence-corrected chi connectivity index (χ2v) is 5.69. The van der Waals surface area contributed by atoms with Crippen molar-refractivity contribution < 1.29 is 0 Å². The maximum Gasteiger partial charge on any atom is 0.106 e. The molecule has 0 aliphatic heterocycles. The quantitative estimate of drug-likeness (QED) is 0.718. The third-order valence-corrected chi connectivity index (χ3v) is 3.44. The molecular weight excluding hydrogens is 246 g/mol. The van der Waals surface area contributed by atoms with Crippen molar-refractivity contribution in [1.29, 1.82) is 0 Å². The van der Waals surface area contributed by atoms with Gasteiger partial charge in [-0.25, -0.2) is 4.98 Å². The van der Waals surface area contributed by atoms with Crippen molar-refractivity contribution in [2.24, 2.45) is 5.92 Å². The Hall–Kier alpha value is -1.61. The van der Waals surface area contributed by atoms with Crippen LogP contribution in [0.3, 0.4) is 0 Å². The molecule has 0 bridgehead atoms. The van der Waals surface area contributed by atoms with Crippen LogP contribution >= 0.6 is 0 Å². The standard InChI is InChI=1S/C17H25N3/c1-14(2)13-16(15-7-4-3-5-8-15)18-10-6-9-17-19-11-12-20-17/h3-5,7-8,11-12,14,16,18H,6,9-10,13H2,1-2H3,(H,19,20). The second kappa shape index (κ2) is 7.85. The first-order valence-electron chi connectivity index (χ1n) is 7.52. The van der Waals surface area contributed by atoms with Gasteiger partial charge in [0.1, 0.15) is 5.82 Å². The van der Waals surface area contributed by atoms with E-state index in [4.69, 9.17) is 0 Å². The highest BCUT2D eigenvalue weighted by molar-refractivity contribution is 5.18. The second-order valence-electron chi connectivity index (χ2n) is 5.69. The van der Waals surface area contributed by atoms with E-state index in [-0.39, 0.29) is 0 Å². The van der Waals surface area contributed by atoms with Crippen LogP contribution in [-0.4, -0.2) is 16.5 Å². The molecule has 2 aromatic rings. The third kappa shape index (κ3) is 4.82. The summed E-state index contributed by atoms with van der Waals surface area (Å²) >= 11 is 0. The van der Waals surface area contributed by atoms with E-state index < -0.39 is 0 Å². The Balaban J connectivity index is 1.82. The molecule has 1 atom stereocenters. The SMILES string of the molecule is CC(C)CC(NCCCc1ncc[nH]1)c1ccccc1. The van der Waals surface area contributed by atoms with Crippen LogP contribution in [0, 0.1) is 5.92 Å². The highest BCUT2D eigenvalue weighted by Crippen LogP contribution is 2.20. The lowest BCUT2D eigenvalue weighted by atomic mass is 9.97. The number of aromatic amines is 1. The van der Waals surface area contributed by atoms with Crippen molar-refractivity contribution in [2.75, 3.05) is 6.54 Å². The third-order valence-electron chi connectivity index (χ3n) is 3.44. The van der Waals surface area contributed by atoms with E-state index in [2.05, 4.69) is 59.5 Å². The van der Waals surface area contributed by atoms with Crippen LogP contribution < -0.4 is 5.32 Å². The summed E-state index contributed by atoms with van der Waals surface area (Å²) in [6.45, 7) is 5.58. The van der Waals surface area contributed by atoms with Crippen molar-refractivity contribution in [3.05, 3.63) is 54.1 Å². The van der Waals surface area contributed by atoms with Crippen LogP contribution in [0.5, 0.6) is 0 Å². The summed E-state index contributed by atoms with van der Waals surface area (Å²) in [6.07, 6.45) is 6.98. The van der Waals surface area contributed by atoms with Gasteiger partial charge in [0, 0.05) is 24.9 Å². The average molecular weight is 271 g/mol. The minimum atomic E-state index is 0.452. The molecular formula is C17H25N3. The summed E-state index contributed by atoms with van der Waals surface area (Å²) in [6, 6.07) is 11.2. The number of nitrogens with one attached hydrogen (secondary N) is 2. The molecule has 20 heavy (non-hydrogen) atoms. The summed E-state index contributed by atoms with van der Waals surface area (Å²) in [5.41, 5.74) is 1.39. The van der Waals surface area contributed by atoms with E-state index in [1.807, 2.05) is 12.4 Å². The number of aryl methyl sites for hydroxylation is 1. The molecule has 0 radical (unpaired) electrons. The Morgan fingerprint density at radius 1 is 1.20 bits per heavy atom. The first-order chi connectivity index (χ1) is 9.75. The fourth-order valence-corrected chi connectivity index (χ4v) is 2.46. The molecule has 1 heterocycles. The Labute approximate surface area is 121 Å². The lowest BCUT2D eigenvalue weighted by Gasteiger charge is -2.21. The normalized spacial score (nSPS) is 12.8. The number of aromatic nitrogens is 2. The number of nitrogens with zero attached hydrogens (tertiary/aromatic N) is 1. The van der Waals surface area contributed by atoms with Crippen molar-refractivity contribution in [3.63, 3.8) is 0 Å². The summed E-state index contributed by atoms with van der Waals surface area (Å²) in [5.74, 6) is 1.77. The number of hydrogen-bond acceptors (Lipinski definition) is 2. The van der Waals surface area contributed by atoms with Crippen molar-refractivity contribution >= 4 is 0 Å². The van der Waals surface area contributed by atoms with Gasteiger partial charge in [-0.1, -0.05) is 44.2 Å². The van der Waals surface area contributed by atoms with Gasteiger partial charge in [0.15, 0.2) is 0 Å². The molecule has 3 nitrogen and oxygen atoms in total. The molecule has 3 heteroatoms. The molecule has 0 fully saturated rings. The molecule has 0 spiro atoms. The van der Waals surface area contributed by atoms with Gasteiger partial charge in [-0.3, -0.25) is 0 Å². The van der Waals surface area contributed by atoms with Gasteiger partial charge < -0.3 is 10.3 Å². The maximum absolute atomic E-state index is 4.26. The number of benzene rings is 1. The van der Waals surface area contributed by atoms with Crippen LogP contribution in [0.4, 0.5) is 0 Å². The average Bonchev–Trinajstić information content (AvgIpc) is 2.96. The van der Waals surface area contributed by atoms with Gasteiger partial charge in [-0.15, -0.1) is 0 Å². The Kier molecular flexibility index (Phi) is 5.81. The van der Waals surface area contributed by atoms with E-state index >= 15 is 0 Å². The molecule has 0 aliphatic rings. The molecule has 0 saturated heterocycles. The highest BCUT2D eigenvalue weighted by Gasteiger charge is 2.12. The Bertz CT molecular complexity index is 462. The number of H-pyrrole nitrogens is 1. The molecule has 2 N–H and O–H groups in total. The summed E-state index contributed by atoms with van der Waals surface area (Å²) in [5, 5.41) is 3.69. The van der Waals surface area contributed by atoms with E-state index in [9.17, 15) is 0 Å². The van der Waals surface area contributed by atoms with Gasteiger partial charge in [0.25, 0.3) is 0 Å². The minimum absolute atomic E-state index is 0.452. The summed E-state index contributed by atoms with van der Waals surface area (Å²) in [7, 11) is 0. The zero-order valence-electron chi connectivity index (χ0n) is 12.5. The lowest BCUT2D eigenvalue weighted by molar-refractivity contribution is 0.426. The molecule has 0 aliphatic carbocycles. The van der Waals surface area contributed by atoms with Crippen molar-refractivity contribution in [2.45, 2.75) is 39.2 Å². The van der Waals surface area contributed by atoms with Gasteiger partial charge in [0.2, 0.25) is 0 Å². The highest BCUT2D eigenvalue weighted by atomic mass is 14.9. The van der Waals surface area contributed by atoms with Gasteiger partial charge in [-0.2, -0.15) is 0 Å². The monoisotopic (exact) mass is 271 g/mol. The lowest BCUT2D eigenvalue weighted by Crippen LogP contribution is -2.24. The fourth-order valence-electron chi connectivity index (χ4n) is 2.46. The van der Waals surface area contributed by atoms with E-state index in [1.165, 1.54) is 12.0 Å². The molecule has 2 rings (SSSR count). The van der Waals surface area contributed by atoms with Crippen molar-refractivity contribution in [3.8, 4) is 0 Å². The van der Waals surface area contributed by atoms with Crippen LogP contribution in [0.2, 0.25) is 0 Å². The van der Waals surface area contributed by atoms with Gasteiger partial charge in [0.05, 0.1) is 0 Å². The summed E-state index contributed by atoms with van der Waals surface area (Å²) in [4.78, 5) is 7.41. The van der Waals surface area contributed by atoms with Crippen molar-refractivity contribution in [1.82, 2.24) is 15.3 Å². The molecule has 1 aromatic heterocycles. The maximum atomic E-state index is 4.26. The molecule has 1 aromatic carbocycles. The first kappa shape index (κ1) is 14.8. The predicted molar refractivity (Wildman–Crippen MR) is 83.5 cm³/mol. The molecule has 108 valence electrons. The van der Waals surface area contributed by atoms with E-state index in [1.54, 1.807) is 0 Å². The van der Waals surface area contributed by atoms with Crippen LogP contribution in [0.1, 0.15) is 44.1 Å². The number of hydrogen-bond donors (Lipinski definition) is 2. The summed E-state index contributed by atoms with van der Waals surface area (Å²) < 4.78 is 0. The molecule has 0 saturated carbocycles. The number of imidazole rings is 1. The smallest absolute Gasteiger partial charge is 0.106 e. The van der Waals surface area contributed by atoms with Crippen LogP contribution in [-0.2, 0) is 6.42 Å². The van der Waals surface area contributed by atoms with Crippen LogP contribution in [0.25, 0.3) is 0 Å². The minimum Gasteiger partial charge on any atom is -0.349 e. The van der Waals surface area contributed by atoms with Gasteiger partial charge in [-0.05, 0) is 30.9 Å². The van der Waals surface area contributed by atoms with E-state index in [0.717, 1.165) is 25.2 Å². The number of rotatable bonds is 8. The topological polar surface area (TPSA) is 40.7 Å². The Morgan fingerprint density at radius 2 is 2.00 bits per heavy atom. The predicted octanol–water partition coefficient (Wildman–Crippen LogP) is 3.72. The fraction of sp³-hybridized carbons (Fsp3) is 0.471.